The van der Waals surface area contributed by atoms with Crippen molar-refractivity contribution >= 4 is 27.7 Å². The molecule has 3 rings (SSSR count). The number of carbonyl (C=O) groups excluding carboxylic acids is 2. The van der Waals surface area contributed by atoms with E-state index in [-0.39, 0.29) is 42.7 Å². The lowest BCUT2D eigenvalue weighted by Gasteiger charge is -2.27. The molecule has 1 aliphatic heterocycles. The van der Waals surface area contributed by atoms with Gasteiger partial charge in [0.15, 0.2) is 0 Å². The second kappa shape index (κ2) is 7.59. The molecule has 2 amide bonds. The third kappa shape index (κ3) is 3.66. The van der Waals surface area contributed by atoms with Crippen molar-refractivity contribution in [3.05, 3.63) is 46.4 Å². The molecule has 0 unspecified atom stereocenters. The van der Waals surface area contributed by atoms with Crippen molar-refractivity contribution in [2.75, 3.05) is 13.2 Å². The average Bonchev–Trinajstić information content (AvgIpc) is 2.96. The Balaban J connectivity index is 1.94. The Bertz CT molecular complexity index is 852. The van der Waals surface area contributed by atoms with Crippen LogP contribution in [0.5, 0.6) is 0 Å². The van der Waals surface area contributed by atoms with Crippen molar-refractivity contribution in [3.63, 3.8) is 0 Å². The molecule has 138 valence electrons. The van der Waals surface area contributed by atoms with Gasteiger partial charge in [-0.3, -0.25) is 9.59 Å². The first-order valence-corrected chi connectivity index (χ1v) is 9.05. The third-order valence-corrected chi connectivity index (χ3v) is 5.12. The number of amides is 2. The first kappa shape index (κ1) is 18.6. The molecule has 26 heavy (non-hydrogen) atoms. The van der Waals surface area contributed by atoms with E-state index in [0.29, 0.717) is 28.0 Å². The summed E-state index contributed by atoms with van der Waals surface area (Å²) in [6.45, 7) is 1.87. The number of halogens is 2. The highest BCUT2D eigenvalue weighted by molar-refractivity contribution is 9.10. The van der Waals surface area contributed by atoms with Crippen LogP contribution in [-0.2, 0) is 4.79 Å². The lowest BCUT2D eigenvalue weighted by atomic mass is 10.1. The van der Waals surface area contributed by atoms with Crippen LogP contribution in [0, 0.1) is 5.82 Å². The van der Waals surface area contributed by atoms with Gasteiger partial charge in [0.25, 0.3) is 5.91 Å². The summed E-state index contributed by atoms with van der Waals surface area (Å²) in [6, 6.07) is 7.19. The Morgan fingerprint density at radius 1 is 1.50 bits per heavy atom. The molecule has 2 heterocycles. The SMILES string of the molecule is C[C@@H](CO)NC(=O)C[C@H]1CNC(=O)c2cc(-c3cccc(F)c3)c(Br)n21. The highest BCUT2D eigenvalue weighted by Gasteiger charge is 2.30. The fourth-order valence-electron chi connectivity index (χ4n) is 3.04. The highest BCUT2D eigenvalue weighted by Crippen LogP contribution is 2.36. The normalized spacial score (nSPS) is 17.4. The Morgan fingerprint density at radius 3 is 2.96 bits per heavy atom. The molecule has 1 aliphatic rings. The van der Waals surface area contributed by atoms with E-state index < -0.39 is 0 Å². The molecule has 0 spiro atoms. The molecular weight excluding hydrogens is 405 g/mol. The van der Waals surface area contributed by atoms with Gasteiger partial charge in [-0.2, -0.15) is 0 Å². The Labute approximate surface area is 158 Å². The molecule has 0 aliphatic carbocycles. The lowest BCUT2D eigenvalue weighted by molar-refractivity contribution is -0.122. The van der Waals surface area contributed by atoms with Crippen LogP contribution in [0.2, 0.25) is 0 Å². The average molecular weight is 424 g/mol. The summed E-state index contributed by atoms with van der Waals surface area (Å²) in [7, 11) is 0. The Morgan fingerprint density at radius 2 is 2.27 bits per heavy atom. The molecule has 0 saturated heterocycles. The van der Waals surface area contributed by atoms with Gasteiger partial charge in [-0.1, -0.05) is 12.1 Å². The quantitative estimate of drug-likeness (QED) is 0.689. The second-order valence-corrected chi connectivity index (χ2v) is 7.08. The Hall–Kier alpha value is -2.19. The van der Waals surface area contributed by atoms with E-state index in [2.05, 4.69) is 26.6 Å². The molecule has 1 aromatic carbocycles. The summed E-state index contributed by atoms with van der Waals surface area (Å²) in [5.74, 6) is -0.822. The van der Waals surface area contributed by atoms with E-state index >= 15 is 0 Å². The number of fused-ring (bicyclic) bond motifs is 1. The number of benzene rings is 1. The zero-order chi connectivity index (χ0) is 18.8. The number of aliphatic hydroxyl groups is 1. The topological polar surface area (TPSA) is 83.4 Å². The molecule has 0 saturated carbocycles. The molecular formula is C18H19BrFN3O3. The van der Waals surface area contributed by atoms with Gasteiger partial charge in [-0.25, -0.2) is 4.39 Å². The van der Waals surface area contributed by atoms with Gasteiger partial charge in [0.1, 0.15) is 11.5 Å². The van der Waals surface area contributed by atoms with E-state index in [1.807, 2.05) is 0 Å². The predicted octanol–water partition coefficient (Wildman–Crippen LogP) is 2.23. The maximum Gasteiger partial charge on any atom is 0.268 e. The predicted molar refractivity (Wildman–Crippen MR) is 98.2 cm³/mol. The monoisotopic (exact) mass is 423 g/mol. The number of carbonyl (C=O) groups is 2. The number of hydrogen-bond acceptors (Lipinski definition) is 3. The van der Waals surface area contributed by atoms with Gasteiger partial charge in [-0.05, 0) is 46.6 Å². The van der Waals surface area contributed by atoms with Gasteiger partial charge in [0, 0.05) is 24.6 Å². The summed E-state index contributed by atoms with van der Waals surface area (Å²) >= 11 is 3.51. The van der Waals surface area contributed by atoms with Crippen LogP contribution in [0.1, 0.15) is 29.9 Å². The molecule has 8 heteroatoms. The summed E-state index contributed by atoms with van der Waals surface area (Å²) in [4.78, 5) is 24.4. The molecule has 0 radical (unpaired) electrons. The van der Waals surface area contributed by atoms with E-state index in [1.54, 1.807) is 29.7 Å². The number of aromatic nitrogens is 1. The fourth-order valence-corrected chi connectivity index (χ4v) is 3.86. The van der Waals surface area contributed by atoms with Crippen LogP contribution in [0.25, 0.3) is 11.1 Å². The van der Waals surface area contributed by atoms with Crippen LogP contribution in [0.3, 0.4) is 0 Å². The number of hydrogen-bond donors (Lipinski definition) is 3. The lowest BCUT2D eigenvalue weighted by Crippen LogP contribution is -2.42. The van der Waals surface area contributed by atoms with Gasteiger partial charge in [0.05, 0.1) is 17.3 Å². The molecule has 1 aromatic heterocycles. The summed E-state index contributed by atoms with van der Waals surface area (Å²) < 4.78 is 16.0. The van der Waals surface area contributed by atoms with Crippen LogP contribution in [0.15, 0.2) is 34.9 Å². The maximum atomic E-state index is 13.6. The van der Waals surface area contributed by atoms with Crippen molar-refractivity contribution in [2.24, 2.45) is 0 Å². The van der Waals surface area contributed by atoms with Crippen molar-refractivity contribution in [3.8, 4) is 11.1 Å². The van der Waals surface area contributed by atoms with E-state index in [9.17, 15) is 14.0 Å². The first-order valence-electron chi connectivity index (χ1n) is 8.25. The van der Waals surface area contributed by atoms with Crippen molar-refractivity contribution < 1.29 is 19.1 Å². The second-order valence-electron chi connectivity index (χ2n) is 6.33. The van der Waals surface area contributed by atoms with Gasteiger partial charge >= 0.3 is 0 Å². The van der Waals surface area contributed by atoms with Crippen LogP contribution < -0.4 is 10.6 Å². The number of nitrogens with one attached hydrogen (secondary N) is 2. The molecule has 2 aromatic rings. The number of nitrogens with zero attached hydrogens (tertiary/aromatic N) is 1. The minimum absolute atomic E-state index is 0.144. The van der Waals surface area contributed by atoms with Gasteiger partial charge in [-0.15, -0.1) is 0 Å². The summed E-state index contributed by atoms with van der Waals surface area (Å²) in [6.07, 6.45) is 0.146. The highest BCUT2D eigenvalue weighted by atomic mass is 79.9. The van der Waals surface area contributed by atoms with E-state index in [1.165, 1.54) is 12.1 Å². The zero-order valence-electron chi connectivity index (χ0n) is 14.1. The van der Waals surface area contributed by atoms with Crippen molar-refractivity contribution in [1.29, 1.82) is 0 Å². The minimum Gasteiger partial charge on any atom is -0.394 e. The van der Waals surface area contributed by atoms with Crippen LogP contribution in [-0.4, -0.2) is 40.7 Å². The van der Waals surface area contributed by atoms with Crippen molar-refractivity contribution in [2.45, 2.75) is 25.4 Å². The third-order valence-electron chi connectivity index (χ3n) is 4.31. The molecule has 0 bridgehead atoms. The standard InChI is InChI=1S/C18H19BrFN3O3/c1-10(9-24)22-16(25)6-13-8-21-18(26)15-7-14(17(19)23(13)15)11-3-2-4-12(20)5-11/h2-5,7,10,13,24H,6,8-9H2,1H3,(H,21,26)(H,22,25)/t10-,13-/m0/s1. The summed E-state index contributed by atoms with van der Waals surface area (Å²) in [5, 5.41) is 14.5. The summed E-state index contributed by atoms with van der Waals surface area (Å²) in [5.41, 5.74) is 1.74. The van der Waals surface area contributed by atoms with Gasteiger partial charge < -0.3 is 20.3 Å². The maximum absolute atomic E-state index is 13.6. The Kier molecular flexibility index (Phi) is 5.43. The molecule has 6 nitrogen and oxygen atoms in total. The largest absolute Gasteiger partial charge is 0.394 e. The van der Waals surface area contributed by atoms with Crippen LogP contribution in [0.4, 0.5) is 4.39 Å². The number of rotatable bonds is 5. The zero-order valence-corrected chi connectivity index (χ0v) is 15.7. The van der Waals surface area contributed by atoms with E-state index in [0.717, 1.165) is 0 Å². The number of aliphatic hydroxyl groups excluding tert-OH is 1. The van der Waals surface area contributed by atoms with Gasteiger partial charge in [0.2, 0.25) is 5.91 Å². The smallest absolute Gasteiger partial charge is 0.268 e. The van der Waals surface area contributed by atoms with Crippen LogP contribution >= 0.6 is 15.9 Å². The van der Waals surface area contributed by atoms with E-state index in [4.69, 9.17) is 5.11 Å². The molecule has 3 N–H and O–H groups in total. The van der Waals surface area contributed by atoms with Crippen molar-refractivity contribution in [1.82, 2.24) is 15.2 Å². The first-order chi connectivity index (χ1) is 12.4. The molecule has 0 fully saturated rings. The fraction of sp³-hybridized carbons (Fsp3) is 0.333. The molecule has 2 atom stereocenters. The minimum atomic E-state index is -0.364.